The highest BCUT2D eigenvalue weighted by Crippen LogP contribution is 2.15. The van der Waals surface area contributed by atoms with Gasteiger partial charge in [0.25, 0.3) is 5.91 Å². The van der Waals surface area contributed by atoms with Crippen molar-refractivity contribution in [3.63, 3.8) is 0 Å². The average Bonchev–Trinajstić information content (AvgIpc) is 2.74. The molecule has 2 aromatic carbocycles. The molecular formula is C21H21N3O4S. The van der Waals surface area contributed by atoms with E-state index < -0.39 is 10.0 Å². The van der Waals surface area contributed by atoms with Gasteiger partial charge in [-0.1, -0.05) is 42.5 Å². The van der Waals surface area contributed by atoms with E-state index in [-0.39, 0.29) is 48.8 Å². The lowest BCUT2D eigenvalue weighted by Gasteiger charge is -2.34. The lowest BCUT2D eigenvalue weighted by atomic mass is 10.1. The van der Waals surface area contributed by atoms with Gasteiger partial charge in [0, 0.05) is 43.3 Å². The second kappa shape index (κ2) is 7.81. The maximum Gasteiger partial charge on any atom is 0.259 e. The molecule has 3 aromatic rings. The number of hydrogen-bond acceptors (Lipinski definition) is 4. The number of pyridine rings is 1. The van der Waals surface area contributed by atoms with Gasteiger partial charge in [0.2, 0.25) is 15.5 Å². The van der Waals surface area contributed by atoms with Gasteiger partial charge in [0.1, 0.15) is 5.56 Å². The van der Waals surface area contributed by atoms with Crippen LogP contribution in [0.25, 0.3) is 10.9 Å². The average molecular weight is 411 g/mol. The summed E-state index contributed by atoms with van der Waals surface area (Å²) in [5, 5.41) is 0.461. The van der Waals surface area contributed by atoms with Gasteiger partial charge in [-0.25, -0.2) is 8.42 Å². The molecule has 1 N–H and O–H groups in total. The zero-order valence-corrected chi connectivity index (χ0v) is 16.6. The van der Waals surface area contributed by atoms with Crippen LogP contribution in [0.3, 0.4) is 0 Å². The Kier molecular flexibility index (Phi) is 5.21. The second-order valence-electron chi connectivity index (χ2n) is 7.01. The zero-order chi connectivity index (χ0) is 20.4. The van der Waals surface area contributed by atoms with Crippen LogP contribution in [0.15, 0.2) is 65.6 Å². The Labute approximate surface area is 168 Å². The number of aromatic amines is 1. The number of nitrogens with zero attached hydrogens (tertiary/aromatic N) is 2. The van der Waals surface area contributed by atoms with Crippen LogP contribution in [0.1, 0.15) is 15.9 Å². The smallest absolute Gasteiger partial charge is 0.259 e. The molecule has 0 aliphatic carbocycles. The van der Waals surface area contributed by atoms with Gasteiger partial charge in [-0.05, 0) is 17.7 Å². The number of carbonyl (C=O) groups excluding carboxylic acids is 1. The van der Waals surface area contributed by atoms with Crippen molar-refractivity contribution < 1.29 is 13.2 Å². The third kappa shape index (κ3) is 3.94. The molecule has 1 aliphatic rings. The number of amides is 1. The van der Waals surface area contributed by atoms with Crippen molar-refractivity contribution >= 4 is 26.8 Å². The van der Waals surface area contributed by atoms with Gasteiger partial charge in [-0.3, -0.25) is 9.59 Å². The number of piperazine rings is 1. The molecular weight excluding hydrogens is 390 g/mol. The number of nitrogens with one attached hydrogen (secondary N) is 1. The van der Waals surface area contributed by atoms with Gasteiger partial charge >= 0.3 is 0 Å². The molecule has 0 saturated carbocycles. The van der Waals surface area contributed by atoms with Crippen LogP contribution in [0, 0.1) is 0 Å². The molecule has 0 bridgehead atoms. The van der Waals surface area contributed by atoms with Crippen LogP contribution in [0.5, 0.6) is 0 Å². The normalized spacial score (nSPS) is 15.5. The number of sulfonamides is 1. The molecule has 7 nitrogen and oxygen atoms in total. The standard InChI is InChI=1S/C21H21N3O4S/c25-20-17-8-4-5-9-19(17)22-14-18(20)21(26)23-10-12-24(13-11-23)29(27,28)15-16-6-2-1-3-7-16/h1-9,14H,10-13,15H2,(H,22,25). The first-order valence-electron chi connectivity index (χ1n) is 9.37. The number of rotatable bonds is 4. The molecule has 2 heterocycles. The minimum Gasteiger partial charge on any atom is -0.360 e. The number of para-hydroxylation sites is 1. The van der Waals surface area contributed by atoms with Crippen LogP contribution < -0.4 is 5.43 Å². The third-order valence-electron chi connectivity index (χ3n) is 5.13. The van der Waals surface area contributed by atoms with E-state index in [0.29, 0.717) is 10.9 Å². The highest BCUT2D eigenvalue weighted by molar-refractivity contribution is 7.88. The molecule has 1 fully saturated rings. The molecule has 29 heavy (non-hydrogen) atoms. The molecule has 8 heteroatoms. The summed E-state index contributed by atoms with van der Waals surface area (Å²) in [6, 6.07) is 16.0. The minimum absolute atomic E-state index is 0.0634. The molecule has 1 aliphatic heterocycles. The minimum atomic E-state index is -3.46. The largest absolute Gasteiger partial charge is 0.360 e. The van der Waals surface area contributed by atoms with Crippen molar-refractivity contribution in [2.45, 2.75) is 5.75 Å². The molecule has 4 rings (SSSR count). The summed E-state index contributed by atoms with van der Waals surface area (Å²) >= 11 is 0. The Morgan fingerprint density at radius 3 is 2.31 bits per heavy atom. The summed E-state index contributed by atoms with van der Waals surface area (Å²) in [6.07, 6.45) is 1.44. The Morgan fingerprint density at radius 2 is 1.59 bits per heavy atom. The monoisotopic (exact) mass is 411 g/mol. The van der Waals surface area contributed by atoms with Crippen LogP contribution in [-0.4, -0.2) is 54.7 Å². The van der Waals surface area contributed by atoms with Crippen molar-refractivity contribution in [2.75, 3.05) is 26.2 Å². The summed E-state index contributed by atoms with van der Waals surface area (Å²) in [7, 11) is -3.46. The summed E-state index contributed by atoms with van der Waals surface area (Å²) in [5.74, 6) is -0.441. The predicted octanol–water partition coefficient (Wildman–Crippen LogP) is 1.82. The molecule has 1 amide bonds. The Balaban J connectivity index is 1.46. The summed E-state index contributed by atoms with van der Waals surface area (Å²) < 4.78 is 26.8. The molecule has 0 spiro atoms. The summed E-state index contributed by atoms with van der Waals surface area (Å²) in [4.78, 5) is 30.0. The lowest BCUT2D eigenvalue weighted by Crippen LogP contribution is -2.51. The molecule has 1 aromatic heterocycles. The van der Waals surface area contributed by atoms with Gasteiger partial charge in [-0.2, -0.15) is 4.31 Å². The van der Waals surface area contributed by atoms with E-state index in [1.54, 1.807) is 30.3 Å². The number of fused-ring (bicyclic) bond motifs is 1. The van der Waals surface area contributed by atoms with E-state index in [1.807, 2.05) is 24.3 Å². The maximum absolute atomic E-state index is 12.8. The van der Waals surface area contributed by atoms with Gasteiger partial charge in [0.15, 0.2) is 0 Å². The molecule has 0 radical (unpaired) electrons. The van der Waals surface area contributed by atoms with Gasteiger partial charge in [0.05, 0.1) is 5.75 Å². The summed E-state index contributed by atoms with van der Waals surface area (Å²) in [5.41, 5.74) is 1.16. The van der Waals surface area contributed by atoms with Crippen molar-refractivity contribution in [1.82, 2.24) is 14.2 Å². The Hall–Kier alpha value is -2.97. The highest BCUT2D eigenvalue weighted by Gasteiger charge is 2.30. The van der Waals surface area contributed by atoms with E-state index in [9.17, 15) is 18.0 Å². The maximum atomic E-state index is 12.8. The number of hydrogen-bond donors (Lipinski definition) is 1. The topological polar surface area (TPSA) is 90.6 Å². The van der Waals surface area contributed by atoms with E-state index in [4.69, 9.17) is 0 Å². The molecule has 1 saturated heterocycles. The predicted molar refractivity (Wildman–Crippen MR) is 111 cm³/mol. The first-order valence-corrected chi connectivity index (χ1v) is 11.0. The first-order chi connectivity index (χ1) is 14.0. The van der Waals surface area contributed by atoms with Crippen LogP contribution >= 0.6 is 0 Å². The van der Waals surface area contributed by atoms with E-state index in [0.717, 1.165) is 5.56 Å². The fourth-order valence-electron chi connectivity index (χ4n) is 3.54. The number of aromatic nitrogens is 1. The molecule has 150 valence electrons. The van der Waals surface area contributed by atoms with Gasteiger partial charge in [-0.15, -0.1) is 0 Å². The quantitative estimate of drug-likeness (QED) is 0.709. The fourth-order valence-corrected chi connectivity index (χ4v) is 5.06. The van der Waals surface area contributed by atoms with Crippen molar-refractivity contribution in [3.8, 4) is 0 Å². The molecule has 0 atom stereocenters. The van der Waals surface area contributed by atoms with Gasteiger partial charge < -0.3 is 9.88 Å². The van der Waals surface area contributed by atoms with Crippen molar-refractivity contribution in [1.29, 1.82) is 0 Å². The zero-order valence-electron chi connectivity index (χ0n) is 15.7. The van der Waals surface area contributed by atoms with Crippen molar-refractivity contribution in [3.05, 3.63) is 82.1 Å². The number of carbonyl (C=O) groups is 1. The fraction of sp³-hybridized carbons (Fsp3) is 0.238. The third-order valence-corrected chi connectivity index (χ3v) is 6.98. The van der Waals surface area contributed by atoms with Crippen molar-refractivity contribution in [2.24, 2.45) is 0 Å². The van der Waals surface area contributed by atoms with Crippen LogP contribution in [-0.2, 0) is 15.8 Å². The SMILES string of the molecule is O=C(c1c[nH]c2ccccc2c1=O)N1CCN(S(=O)(=O)Cc2ccccc2)CC1. The summed E-state index contributed by atoms with van der Waals surface area (Å²) in [6.45, 7) is 0.928. The number of H-pyrrole nitrogens is 1. The van der Waals surface area contributed by atoms with E-state index in [2.05, 4.69) is 4.98 Å². The number of benzene rings is 2. The van der Waals surface area contributed by atoms with E-state index in [1.165, 1.54) is 15.4 Å². The highest BCUT2D eigenvalue weighted by atomic mass is 32.2. The van der Waals surface area contributed by atoms with Crippen LogP contribution in [0.2, 0.25) is 0 Å². The second-order valence-corrected chi connectivity index (χ2v) is 8.98. The Morgan fingerprint density at radius 1 is 0.931 bits per heavy atom. The van der Waals surface area contributed by atoms with E-state index >= 15 is 0 Å². The van der Waals surface area contributed by atoms with Crippen LogP contribution in [0.4, 0.5) is 0 Å². The first kappa shape index (κ1) is 19.4. The molecule has 0 unspecified atom stereocenters. The lowest BCUT2D eigenvalue weighted by molar-refractivity contribution is 0.0696. The Bertz CT molecular complexity index is 1200.